The van der Waals surface area contributed by atoms with Gasteiger partial charge in [0, 0.05) is 21.2 Å². The first kappa shape index (κ1) is 34.1. The van der Waals surface area contributed by atoms with Crippen molar-refractivity contribution in [3.8, 4) is 0 Å². The maximum Gasteiger partial charge on any atom is 0.422 e. The average molecular weight is 682 g/mol. The Morgan fingerprint density at radius 1 is 0.761 bits per heavy atom. The standard InChI is InChI=1S/C31H19ClF7N3O3S/c32-18-8-6-16(7-9-18)14-21(41-29(44)17-4-2-1-3-5-17)30(45)40-19-10-12-20(13-11-19)46-15-22(43)42-28-26(35)24(33)23(31(37,38)39)25(34)27(28)36/h1-14H,15H2,(H,40,45)(H,41,44)(H,42,43)/b21-14-. The van der Waals surface area contributed by atoms with Gasteiger partial charge in [0.1, 0.15) is 16.9 Å². The van der Waals surface area contributed by atoms with E-state index in [1.165, 1.54) is 30.3 Å². The van der Waals surface area contributed by atoms with E-state index in [4.69, 9.17) is 11.6 Å². The van der Waals surface area contributed by atoms with Gasteiger partial charge in [0.25, 0.3) is 11.8 Å². The molecule has 0 unspecified atom stereocenters. The zero-order valence-corrected chi connectivity index (χ0v) is 24.5. The van der Waals surface area contributed by atoms with Crippen LogP contribution in [0.2, 0.25) is 5.02 Å². The van der Waals surface area contributed by atoms with Crippen LogP contribution in [0.3, 0.4) is 0 Å². The van der Waals surface area contributed by atoms with Crippen LogP contribution >= 0.6 is 23.4 Å². The Hall–Kier alpha value is -4.82. The van der Waals surface area contributed by atoms with Crippen LogP contribution in [0, 0.1) is 23.3 Å². The fraction of sp³-hybridized carbons (Fsp3) is 0.0645. The van der Waals surface area contributed by atoms with Crippen LogP contribution in [0.25, 0.3) is 6.08 Å². The summed E-state index contributed by atoms with van der Waals surface area (Å²) in [7, 11) is 0. The van der Waals surface area contributed by atoms with Crippen molar-refractivity contribution >= 4 is 58.5 Å². The molecule has 4 aromatic carbocycles. The highest BCUT2D eigenvalue weighted by Crippen LogP contribution is 2.38. The Bertz CT molecular complexity index is 1770. The van der Waals surface area contributed by atoms with Crippen LogP contribution in [-0.4, -0.2) is 23.5 Å². The molecule has 0 fully saturated rings. The fourth-order valence-electron chi connectivity index (χ4n) is 3.82. The maximum atomic E-state index is 14.1. The van der Waals surface area contributed by atoms with E-state index < -0.39 is 64.2 Å². The minimum Gasteiger partial charge on any atom is -0.321 e. The summed E-state index contributed by atoms with van der Waals surface area (Å²) in [5.41, 5.74) is -3.41. The van der Waals surface area contributed by atoms with E-state index in [0.717, 1.165) is 11.8 Å². The first-order chi connectivity index (χ1) is 21.7. The summed E-state index contributed by atoms with van der Waals surface area (Å²) in [6, 6.07) is 20.5. The van der Waals surface area contributed by atoms with Crippen molar-refractivity contribution in [1.29, 1.82) is 0 Å². The Morgan fingerprint density at radius 3 is 1.91 bits per heavy atom. The molecule has 0 saturated carbocycles. The van der Waals surface area contributed by atoms with Crippen molar-refractivity contribution in [3.63, 3.8) is 0 Å². The number of hydrogen-bond acceptors (Lipinski definition) is 4. The number of thioether (sulfide) groups is 1. The molecule has 0 spiro atoms. The Balaban J connectivity index is 1.42. The Labute approximate surface area is 265 Å². The third-order valence-electron chi connectivity index (χ3n) is 6.00. The van der Waals surface area contributed by atoms with Gasteiger partial charge >= 0.3 is 6.18 Å². The quantitative estimate of drug-likeness (QED) is 0.0722. The molecule has 0 heterocycles. The monoisotopic (exact) mass is 681 g/mol. The SMILES string of the molecule is O=C(CSc1ccc(NC(=O)/C(=C/c2ccc(Cl)cc2)NC(=O)c2ccccc2)cc1)Nc1c(F)c(F)c(C(F)(F)F)c(F)c1F. The lowest BCUT2D eigenvalue weighted by Crippen LogP contribution is -2.30. The molecule has 15 heteroatoms. The van der Waals surface area contributed by atoms with Crippen LogP contribution in [0.15, 0.2) is 89.5 Å². The van der Waals surface area contributed by atoms with Gasteiger partial charge in [-0.05, 0) is 60.2 Å². The van der Waals surface area contributed by atoms with Gasteiger partial charge in [0.15, 0.2) is 23.3 Å². The lowest BCUT2D eigenvalue weighted by Gasteiger charge is -2.14. The van der Waals surface area contributed by atoms with Crippen LogP contribution in [0.1, 0.15) is 21.5 Å². The number of alkyl halides is 3. The number of carbonyl (C=O) groups excluding carboxylic acids is 3. The molecular weight excluding hydrogens is 663 g/mol. The van der Waals surface area contributed by atoms with Crippen molar-refractivity contribution in [2.75, 3.05) is 16.4 Å². The zero-order chi connectivity index (χ0) is 33.6. The number of amides is 3. The molecule has 6 nitrogen and oxygen atoms in total. The first-order valence-corrected chi connectivity index (χ1v) is 14.2. The van der Waals surface area contributed by atoms with Crippen LogP contribution in [-0.2, 0) is 15.8 Å². The molecule has 0 saturated heterocycles. The van der Waals surface area contributed by atoms with Gasteiger partial charge in [0.05, 0.1) is 5.75 Å². The average Bonchev–Trinajstić information content (AvgIpc) is 3.02. The molecule has 0 bridgehead atoms. The molecule has 3 amide bonds. The number of nitrogens with one attached hydrogen (secondary N) is 3. The van der Waals surface area contributed by atoms with Gasteiger partial charge in [-0.3, -0.25) is 14.4 Å². The van der Waals surface area contributed by atoms with Gasteiger partial charge in [-0.1, -0.05) is 41.9 Å². The molecule has 0 aliphatic rings. The second-order valence-electron chi connectivity index (χ2n) is 9.25. The van der Waals surface area contributed by atoms with Crippen molar-refractivity contribution in [2.45, 2.75) is 11.1 Å². The predicted molar refractivity (Wildman–Crippen MR) is 159 cm³/mol. The van der Waals surface area contributed by atoms with Gasteiger partial charge in [-0.15, -0.1) is 11.8 Å². The topological polar surface area (TPSA) is 87.3 Å². The Kier molecular flexibility index (Phi) is 10.7. The van der Waals surface area contributed by atoms with Gasteiger partial charge in [-0.25, -0.2) is 17.6 Å². The number of hydrogen-bond donors (Lipinski definition) is 3. The fourth-order valence-corrected chi connectivity index (χ4v) is 4.64. The Morgan fingerprint density at radius 2 is 1.35 bits per heavy atom. The smallest absolute Gasteiger partial charge is 0.321 e. The molecule has 3 N–H and O–H groups in total. The van der Waals surface area contributed by atoms with Gasteiger partial charge < -0.3 is 16.0 Å². The summed E-state index contributed by atoms with van der Waals surface area (Å²) in [6.07, 6.45) is -4.28. The van der Waals surface area contributed by atoms with Gasteiger partial charge in [0.2, 0.25) is 5.91 Å². The summed E-state index contributed by atoms with van der Waals surface area (Å²) in [5.74, 6) is -13.2. The molecule has 4 aromatic rings. The first-order valence-electron chi connectivity index (χ1n) is 12.9. The summed E-state index contributed by atoms with van der Waals surface area (Å²) >= 11 is 6.73. The van der Waals surface area contributed by atoms with E-state index in [1.807, 2.05) is 0 Å². The van der Waals surface area contributed by atoms with Crippen molar-refractivity contribution in [3.05, 3.63) is 130 Å². The number of rotatable bonds is 9. The third-order valence-corrected chi connectivity index (χ3v) is 7.27. The highest BCUT2D eigenvalue weighted by Gasteiger charge is 2.42. The lowest BCUT2D eigenvalue weighted by molar-refractivity contribution is -0.143. The molecular formula is C31H19ClF7N3O3S. The summed E-state index contributed by atoms with van der Waals surface area (Å²) in [5, 5.41) is 7.21. The highest BCUT2D eigenvalue weighted by atomic mass is 35.5. The number of halogens is 8. The number of carbonyl (C=O) groups is 3. The molecule has 0 atom stereocenters. The predicted octanol–water partition coefficient (Wildman–Crippen LogP) is 8.06. The summed E-state index contributed by atoms with van der Waals surface area (Å²) in [4.78, 5) is 38.5. The van der Waals surface area contributed by atoms with Crippen molar-refractivity contribution in [2.24, 2.45) is 0 Å². The molecule has 0 aromatic heterocycles. The second-order valence-corrected chi connectivity index (χ2v) is 10.7. The number of anilines is 2. The van der Waals surface area contributed by atoms with Gasteiger partial charge in [-0.2, -0.15) is 13.2 Å². The molecule has 238 valence electrons. The minimum absolute atomic E-state index is 0.0955. The minimum atomic E-state index is -5.72. The molecule has 0 aliphatic carbocycles. The summed E-state index contributed by atoms with van der Waals surface area (Å²) in [6.45, 7) is 0. The van der Waals surface area contributed by atoms with E-state index in [1.54, 1.807) is 59.9 Å². The normalized spacial score (nSPS) is 11.6. The molecule has 46 heavy (non-hydrogen) atoms. The number of benzene rings is 4. The molecule has 0 radical (unpaired) electrons. The van der Waals surface area contributed by atoms with Crippen molar-refractivity contribution in [1.82, 2.24) is 5.32 Å². The van der Waals surface area contributed by atoms with Crippen LogP contribution in [0.4, 0.5) is 42.1 Å². The maximum absolute atomic E-state index is 14.1. The third kappa shape index (κ3) is 8.46. The summed E-state index contributed by atoms with van der Waals surface area (Å²) < 4.78 is 94.1. The van der Waals surface area contributed by atoms with E-state index in [0.29, 0.717) is 21.0 Å². The van der Waals surface area contributed by atoms with Crippen LogP contribution < -0.4 is 16.0 Å². The molecule has 4 rings (SSSR count). The van der Waals surface area contributed by atoms with E-state index >= 15 is 0 Å². The van der Waals surface area contributed by atoms with Crippen LogP contribution in [0.5, 0.6) is 0 Å². The highest BCUT2D eigenvalue weighted by molar-refractivity contribution is 8.00. The van der Waals surface area contributed by atoms with Crippen molar-refractivity contribution < 1.29 is 45.1 Å². The van der Waals surface area contributed by atoms with E-state index in [2.05, 4.69) is 10.6 Å². The zero-order valence-electron chi connectivity index (χ0n) is 22.9. The largest absolute Gasteiger partial charge is 0.422 e. The second kappa shape index (κ2) is 14.5. The molecule has 0 aliphatic heterocycles. The lowest BCUT2D eigenvalue weighted by atomic mass is 10.1. The van der Waals surface area contributed by atoms with E-state index in [9.17, 15) is 45.1 Å². The van der Waals surface area contributed by atoms with E-state index in [-0.39, 0.29) is 11.4 Å².